The molecule has 2 bridgehead atoms. The van der Waals surface area contributed by atoms with Crippen molar-refractivity contribution < 1.29 is 13.2 Å². The molecule has 2 aliphatic heterocycles. The van der Waals surface area contributed by atoms with Crippen LogP contribution >= 0.6 is 0 Å². The van der Waals surface area contributed by atoms with Gasteiger partial charge in [-0.05, 0) is 6.42 Å². The van der Waals surface area contributed by atoms with E-state index in [1.165, 1.54) is 0 Å². The van der Waals surface area contributed by atoms with Crippen molar-refractivity contribution in [3.05, 3.63) is 0 Å². The van der Waals surface area contributed by atoms with E-state index in [0.717, 1.165) is 0 Å². The van der Waals surface area contributed by atoms with E-state index in [-0.39, 0.29) is 28.9 Å². The third kappa shape index (κ3) is 1.34. The van der Waals surface area contributed by atoms with Crippen molar-refractivity contribution in [1.29, 1.82) is 0 Å². The summed E-state index contributed by atoms with van der Waals surface area (Å²) in [7, 11) is -2.87. The summed E-state index contributed by atoms with van der Waals surface area (Å²) in [6.45, 7) is 4.12. The minimum absolute atomic E-state index is 0.0305. The van der Waals surface area contributed by atoms with E-state index in [1.807, 2.05) is 13.8 Å². The monoisotopic (exact) mass is 217 g/mol. The van der Waals surface area contributed by atoms with Gasteiger partial charge in [0.15, 0.2) is 9.84 Å². The average molecular weight is 217 g/mol. The lowest BCUT2D eigenvalue weighted by atomic mass is 10.2. The van der Waals surface area contributed by atoms with Crippen LogP contribution in [-0.4, -0.2) is 42.8 Å². The second-order valence-corrected chi connectivity index (χ2v) is 6.81. The van der Waals surface area contributed by atoms with Crippen molar-refractivity contribution in [1.82, 2.24) is 4.90 Å². The van der Waals surface area contributed by atoms with Gasteiger partial charge in [-0.15, -0.1) is 0 Å². The van der Waals surface area contributed by atoms with Crippen LogP contribution in [0.2, 0.25) is 0 Å². The highest BCUT2D eigenvalue weighted by Gasteiger charge is 2.50. The summed E-state index contributed by atoms with van der Waals surface area (Å²) in [5, 5.41) is -0.282. The maximum atomic E-state index is 11.7. The zero-order valence-electron chi connectivity index (χ0n) is 8.43. The van der Waals surface area contributed by atoms with Gasteiger partial charge in [-0.3, -0.25) is 4.79 Å². The first-order valence-corrected chi connectivity index (χ1v) is 6.65. The number of carbonyl (C=O) groups excluding carboxylic acids is 1. The largest absolute Gasteiger partial charge is 0.337 e. The molecule has 2 heterocycles. The van der Waals surface area contributed by atoms with E-state index in [2.05, 4.69) is 0 Å². The van der Waals surface area contributed by atoms with Gasteiger partial charge >= 0.3 is 0 Å². The minimum atomic E-state index is -2.87. The molecule has 0 saturated carbocycles. The highest BCUT2D eigenvalue weighted by atomic mass is 32.2. The number of amides is 1. The molecule has 2 aliphatic rings. The zero-order chi connectivity index (χ0) is 10.5. The summed E-state index contributed by atoms with van der Waals surface area (Å²) in [4.78, 5) is 13.4. The van der Waals surface area contributed by atoms with Gasteiger partial charge in [0, 0.05) is 18.5 Å². The molecule has 0 spiro atoms. The number of hydrogen-bond acceptors (Lipinski definition) is 3. The van der Waals surface area contributed by atoms with E-state index in [4.69, 9.17) is 0 Å². The normalized spacial score (nSPS) is 34.1. The molecule has 0 aromatic carbocycles. The molecule has 0 radical (unpaired) electrons. The van der Waals surface area contributed by atoms with Crippen LogP contribution in [0, 0.1) is 5.92 Å². The number of fused-ring (bicyclic) bond motifs is 2. The van der Waals surface area contributed by atoms with Crippen molar-refractivity contribution >= 4 is 15.7 Å². The molecule has 0 aromatic heterocycles. The second kappa shape index (κ2) is 2.95. The lowest BCUT2D eigenvalue weighted by Gasteiger charge is -2.28. The van der Waals surface area contributed by atoms with Gasteiger partial charge in [0.2, 0.25) is 5.91 Å². The highest BCUT2D eigenvalue weighted by Crippen LogP contribution is 2.33. The number of hydrogen-bond donors (Lipinski definition) is 0. The maximum absolute atomic E-state index is 11.7. The smallest absolute Gasteiger partial charge is 0.225 e. The molecule has 2 fully saturated rings. The Bertz CT molecular complexity index is 360. The fraction of sp³-hybridized carbons (Fsp3) is 0.889. The van der Waals surface area contributed by atoms with Crippen LogP contribution in [0.15, 0.2) is 0 Å². The summed E-state index contributed by atoms with van der Waals surface area (Å²) in [6.07, 6.45) is 0.654. The fourth-order valence-electron chi connectivity index (χ4n) is 2.30. The van der Waals surface area contributed by atoms with Crippen molar-refractivity contribution in [2.75, 3.05) is 12.3 Å². The molecule has 0 aliphatic carbocycles. The summed E-state index contributed by atoms with van der Waals surface area (Å²) in [5.74, 6) is 0.236. The molecular formula is C9H15NO3S. The first-order chi connectivity index (χ1) is 6.42. The first-order valence-electron chi connectivity index (χ1n) is 4.94. The van der Waals surface area contributed by atoms with Crippen LogP contribution < -0.4 is 0 Å². The van der Waals surface area contributed by atoms with Gasteiger partial charge in [0.25, 0.3) is 0 Å². The Hall–Kier alpha value is -0.580. The lowest BCUT2D eigenvalue weighted by Crippen LogP contribution is -2.45. The van der Waals surface area contributed by atoms with Crippen LogP contribution in [0.5, 0.6) is 0 Å². The molecular weight excluding hydrogens is 202 g/mol. The van der Waals surface area contributed by atoms with Crippen molar-refractivity contribution in [2.24, 2.45) is 5.92 Å². The molecule has 5 heteroatoms. The third-order valence-electron chi connectivity index (χ3n) is 3.09. The van der Waals surface area contributed by atoms with Crippen LogP contribution in [0.1, 0.15) is 20.3 Å². The molecule has 2 saturated heterocycles. The van der Waals surface area contributed by atoms with E-state index >= 15 is 0 Å². The predicted octanol–water partition coefficient (Wildman–Crippen LogP) is 0.0403. The Balaban J connectivity index is 2.14. The minimum Gasteiger partial charge on any atom is -0.337 e. The average Bonchev–Trinajstić information content (AvgIpc) is 2.57. The van der Waals surface area contributed by atoms with Crippen LogP contribution in [0.3, 0.4) is 0 Å². The van der Waals surface area contributed by atoms with E-state index in [0.29, 0.717) is 13.0 Å². The Morgan fingerprint density at radius 3 is 2.43 bits per heavy atom. The quantitative estimate of drug-likeness (QED) is 0.623. The summed E-state index contributed by atoms with van der Waals surface area (Å²) < 4.78 is 22.8. The lowest BCUT2D eigenvalue weighted by molar-refractivity contribution is -0.134. The fourth-order valence-corrected chi connectivity index (χ4v) is 4.33. The molecule has 2 atom stereocenters. The third-order valence-corrected chi connectivity index (χ3v) is 5.29. The van der Waals surface area contributed by atoms with Crippen molar-refractivity contribution in [2.45, 2.75) is 31.6 Å². The van der Waals surface area contributed by atoms with Gasteiger partial charge in [-0.25, -0.2) is 8.42 Å². The zero-order valence-corrected chi connectivity index (χ0v) is 9.25. The Morgan fingerprint density at radius 1 is 1.43 bits per heavy atom. The topological polar surface area (TPSA) is 54.5 Å². The number of sulfone groups is 1. The summed E-state index contributed by atoms with van der Waals surface area (Å²) in [6, 6.07) is -0.0418. The van der Waals surface area contributed by atoms with Gasteiger partial charge in [0.05, 0.1) is 11.0 Å². The molecule has 14 heavy (non-hydrogen) atoms. The maximum Gasteiger partial charge on any atom is 0.225 e. The first kappa shape index (κ1) is 9.96. The molecule has 2 unspecified atom stereocenters. The van der Waals surface area contributed by atoms with Gasteiger partial charge in [-0.2, -0.15) is 0 Å². The Labute approximate surface area is 84.2 Å². The Kier molecular flexibility index (Phi) is 2.10. The molecule has 0 aromatic rings. The van der Waals surface area contributed by atoms with Gasteiger partial charge < -0.3 is 4.90 Å². The standard InChI is InChI=1S/C9H15NO3S/c1-6(2)9(11)10-4-8-3-7(10)5-14(8,12)13/h6-8H,3-5H2,1-2H3. The van der Waals surface area contributed by atoms with E-state index < -0.39 is 9.84 Å². The predicted molar refractivity (Wildman–Crippen MR) is 52.5 cm³/mol. The summed E-state index contributed by atoms with van der Waals surface area (Å²) in [5.41, 5.74) is 0. The van der Waals surface area contributed by atoms with Crippen LogP contribution in [0.4, 0.5) is 0 Å². The SMILES string of the molecule is CC(C)C(=O)N1CC2CC1CS2(=O)=O. The van der Waals surface area contributed by atoms with Gasteiger partial charge in [-0.1, -0.05) is 13.8 Å². The molecule has 4 nitrogen and oxygen atoms in total. The number of rotatable bonds is 1. The number of carbonyl (C=O) groups is 1. The Morgan fingerprint density at radius 2 is 2.07 bits per heavy atom. The number of likely N-dealkylation sites (tertiary alicyclic amines) is 1. The van der Waals surface area contributed by atoms with Crippen molar-refractivity contribution in [3.63, 3.8) is 0 Å². The van der Waals surface area contributed by atoms with Crippen LogP contribution in [-0.2, 0) is 14.6 Å². The van der Waals surface area contributed by atoms with E-state index in [9.17, 15) is 13.2 Å². The molecule has 80 valence electrons. The summed E-state index contributed by atoms with van der Waals surface area (Å²) >= 11 is 0. The number of nitrogens with zero attached hydrogens (tertiary/aromatic N) is 1. The highest BCUT2D eigenvalue weighted by molar-refractivity contribution is 7.92. The van der Waals surface area contributed by atoms with Gasteiger partial charge in [0.1, 0.15) is 0 Å². The molecule has 2 rings (SSSR count). The molecule has 0 N–H and O–H groups in total. The second-order valence-electron chi connectivity index (χ2n) is 4.49. The molecule has 1 amide bonds. The van der Waals surface area contributed by atoms with E-state index in [1.54, 1.807) is 4.90 Å². The van der Waals surface area contributed by atoms with Crippen LogP contribution in [0.25, 0.3) is 0 Å². The van der Waals surface area contributed by atoms with Crippen molar-refractivity contribution in [3.8, 4) is 0 Å².